The minimum absolute atomic E-state index is 0.0881. The Morgan fingerprint density at radius 1 is 0.676 bits per heavy atom. The molecule has 1 heterocycles. The van der Waals surface area contributed by atoms with Gasteiger partial charge in [-0.25, -0.2) is 22.0 Å². The quantitative estimate of drug-likeness (QED) is 0.374. The zero-order chi connectivity index (χ0) is 24.6. The van der Waals surface area contributed by atoms with Crippen molar-refractivity contribution in [3.05, 3.63) is 0 Å². The molecule has 4 rings (SSSR count). The Balaban J connectivity index is 1.29. The van der Waals surface area contributed by atoms with Crippen molar-refractivity contribution in [2.75, 3.05) is 6.61 Å². The van der Waals surface area contributed by atoms with Gasteiger partial charge in [-0.1, -0.05) is 6.92 Å². The van der Waals surface area contributed by atoms with Gasteiger partial charge in [0.15, 0.2) is 6.17 Å². The van der Waals surface area contributed by atoms with Crippen LogP contribution in [0.15, 0.2) is 0 Å². The first-order valence-corrected chi connectivity index (χ1v) is 12.9. The van der Waals surface area contributed by atoms with Gasteiger partial charge in [0.1, 0.15) is 30.6 Å². The zero-order valence-corrected chi connectivity index (χ0v) is 19.7. The molecular weight excluding hydrogens is 465 g/mol. The molecule has 1 saturated heterocycles. The molecule has 4 aliphatic rings. The number of halogens is 7. The van der Waals surface area contributed by atoms with Gasteiger partial charge in [0, 0.05) is 19.4 Å². The summed E-state index contributed by atoms with van der Waals surface area (Å²) in [7, 11) is 0. The van der Waals surface area contributed by atoms with Crippen LogP contribution in [0, 0.1) is 29.6 Å². The molecule has 2 nitrogen and oxygen atoms in total. The fourth-order valence-corrected chi connectivity index (χ4v) is 6.75. The van der Waals surface area contributed by atoms with E-state index in [-0.39, 0.29) is 30.8 Å². The second-order valence-electron chi connectivity index (χ2n) is 11.3. The second kappa shape index (κ2) is 10.8. The number of rotatable bonds is 5. The molecule has 0 amide bonds. The molecule has 6 atom stereocenters. The third-order valence-corrected chi connectivity index (χ3v) is 8.76. The fraction of sp³-hybridized carbons (Fsp3) is 1.00. The highest BCUT2D eigenvalue weighted by atomic mass is 19.3. The van der Waals surface area contributed by atoms with Crippen molar-refractivity contribution in [3.8, 4) is 0 Å². The average Bonchev–Trinajstić information content (AvgIpc) is 2.77. The second-order valence-corrected chi connectivity index (χ2v) is 11.3. The van der Waals surface area contributed by atoms with Crippen LogP contribution >= 0.6 is 0 Å². The van der Waals surface area contributed by atoms with E-state index < -0.39 is 61.8 Å². The van der Waals surface area contributed by atoms with Gasteiger partial charge in [0.25, 0.3) is 0 Å². The standard InChI is InChI=1S/C25H37F7O2/c1-13-2-7-22(33-12-13)15-5-3-14(4-6-15)16-8-18(26)23(19(27)9-16)25(31,32)34-17-10-20(28)24(30)21(29)11-17/h13-24H,2-12H2,1H3. The van der Waals surface area contributed by atoms with E-state index in [0.717, 1.165) is 45.1 Å². The van der Waals surface area contributed by atoms with Gasteiger partial charge in [0.05, 0.1) is 12.2 Å². The third kappa shape index (κ3) is 5.87. The molecule has 3 saturated carbocycles. The van der Waals surface area contributed by atoms with Crippen molar-refractivity contribution < 1.29 is 40.2 Å². The first-order valence-electron chi connectivity index (χ1n) is 12.9. The lowest BCUT2D eigenvalue weighted by Crippen LogP contribution is -2.52. The Bertz CT molecular complexity index is 627. The van der Waals surface area contributed by atoms with Crippen molar-refractivity contribution >= 4 is 0 Å². The summed E-state index contributed by atoms with van der Waals surface area (Å²) >= 11 is 0. The molecule has 6 unspecified atom stereocenters. The summed E-state index contributed by atoms with van der Waals surface area (Å²) in [4.78, 5) is 0. The molecule has 4 fully saturated rings. The van der Waals surface area contributed by atoms with Gasteiger partial charge < -0.3 is 9.47 Å². The maximum absolute atomic E-state index is 14.9. The van der Waals surface area contributed by atoms with Gasteiger partial charge in [-0.15, -0.1) is 0 Å². The first kappa shape index (κ1) is 26.5. The lowest BCUT2D eigenvalue weighted by atomic mass is 9.67. The third-order valence-electron chi connectivity index (χ3n) is 8.76. The molecule has 0 aromatic rings. The van der Waals surface area contributed by atoms with Crippen LogP contribution in [0.1, 0.15) is 71.1 Å². The van der Waals surface area contributed by atoms with Crippen LogP contribution in [0.25, 0.3) is 0 Å². The molecule has 0 aromatic carbocycles. The van der Waals surface area contributed by atoms with Gasteiger partial charge in [-0.3, -0.25) is 0 Å². The normalized spacial score (nSPS) is 49.1. The molecule has 0 radical (unpaired) electrons. The molecule has 1 aliphatic heterocycles. The molecule has 0 bridgehead atoms. The maximum atomic E-state index is 14.9. The van der Waals surface area contributed by atoms with Gasteiger partial charge >= 0.3 is 6.11 Å². The topological polar surface area (TPSA) is 18.5 Å². The number of hydrogen-bond donors (Lipinski definition) is 0. The minimum atomic E-state index is -4.22. The lowest BCUT2D eigenvalue weighted by Gasteiger charge is -2.44. The molecular formula is C25H37F7O2. The largest absolute Gasteiger partial charge is 0.378 e. The van der Waals surface area contributed by atoms with Gasteiger partial charge in [-0.2, -0.15) is 8.78 Å². The molecule has 34 heavy (non-hydrogen) atoms. The summed E-state index contributed by atoms with van der Waals surface area (Å²) in [6.45, 7) is 2.94. The van der Waals surface area contributed by atoms with Crippen molar-refractivity contribution in [2.45, 2.75) is 120 Å². The van der Waals surface area contributed by atoms with E-state index in [2.05, 4.69) is 11.7 Å². The van der Waals surface area contributed by atoms with Crippen molar-refractivity contribution in [1.29, 1.82) is 0 Å². The van der Waals surface area contributed by atoms with Gasteiger partial charge in [-0.05, 0) is 75.0 Å². The van der Waals surface area contributed by atoms with Crippen molar-refractivity contribution in [1.82, 2.24) is 0 Å². The molecule has 0 aromatic heterocycles. The Hall–Kier alpha value is -0.570. The molecule has 0 N–H and O–H groups in total. The molecule has 198 valence electrons. The van der Waals surface area contributed by atoms with Crippen LogP contribution in [0.5, 0.6) is 0 Å². The van der Waals surface area contributed by atoms with Crippen LogP contribution in [-0.4, -0.2) is 55.8 Å². The van der Waals surface area contributed by atoms with E-state index >= 15 is 0 Å². The fourth-order valence-electron chi connectivity index (χ4n) is 6.75. The SMILES string of the molecule is CC1CCC(C2CCC(C3CC(F)C(C(F)(F)OC4CC(F)C(F)C(F)C4)C(F)C3)CC2)OC1. The molecule has 9 heteroatoms. The van der Waals surface area contributed by atoms with Gasteiger partial charge in [0.2, 0.25) is 0 Å². The van der Waals surface area contributed by atoms with Crippen LogP contribution in [0.2, 0.25) is 0 Å². The number of hydrogen-bond acceptors (Lipinski definition) is 2. The highest BCUT2D eigenvalue weighted by Crippen LogP contribution is 2.49. The van der Waals surface area contributed by atoms with E-state index in [1.807, 2.05) is 0 Å². The Labute approximate surface area is 197 Å². The summed E-state index contributed by atoms with van der Waals surface area (Å²) in [6.07, 6.45) is -13.0. The van der Waals surface area contributed by atoms with E-state index in [1.165, 1.54) is 0 Å². The predicted molar refractivity (Wildman–Crippen MR) is 113 cm³/mol. The van der Waals surface area contributed by atoms with Crippen LogP contribution in [0.4, 0.5) is 30.7 Å². The van der Waals surface area contributed by atoms with E-state index in [1.54, 1.807) is 0 Å². The number of ether oxygens (including phenoxy) is 2. The van der Waals surface area contributed by atoms with Crippen molar-refractivity contribution in [3.63, 3.8) is 0 Å². The summed E-state index contributed by atoms with van der Waals surface area (Å²) in [5, 5.41) is 0. The predicted octanol–water partition coefficient (Wildman–Crippen LogP) is 7.10. The molecule has 0 spiro atoms. The first-order chi connectivity index (χ1) is 16.0. The van der Waals surface area contributed by atoms with Crippen LogP contribution < -0.4 is 0 Å². The monoisotopic (exact) mass is 502 g/mol. The van der Waals surface area contributed by atoms with E-state index in [0.29, 0.717) is 11.8 Å². The zero-order valence-electron chi connectivity index (χ0n) is 19.7. The Morgan fingerprint density at radius 3 is 1.76 bits per heavy atom. The highest BCUT2D eigenvalue weighted by Gasteiger charge is 2.57. The summed E-state index contributed by atoms with van der Waals surface area (Å²) in [5.41, 5.74) is 0. The average molecular weight is 503 g/mol. The van der Waals surface area contributed by atoms with E-state index in [9.17, 15) is 30.7 Å². The highest BCUT2D eigenvalue weighted by molar-refractivity contribution is 4.96. The van der Waals surface area contributed by atoms with E-state index in [4.69, 9.17) is 4.74 Å². The lowest BCUT2D eigenvalue weighted by molar-refractivity contribution is -0.323. The Morgan fingerprint density at radius 2 is 1.24 bits per heavy atom. The Kier molecular flexibility index (Phi) is 8.43. The van der Waals surface area contributed by atoms with Crippen molar-refractivity contribution in [2.24, 2.45) is 29.6 Å². The maximum Gasteiger partial charge on any atom is 0.364 e. The summed E-state index contributed by atoms with van der Waals surface area (Å²) in [5.74, 6) is -1.54. The summed E-state index contributed by atoms with van der Waals surface area (Å²) < 4.78 is 110. The smallest absolute Gasteiger partial charge is 0.364 e. The number of alkyl halides is 7. The summed E-state index contributed by atoms with van der Waals surface area (Å²) in [6, 6.07) is 0. The van der Waals surface area contributed by atoms with Crippen LogP contribution in [0.3, 0.4) is 0 Å². The van der Waals surface area contributed by atoms with Crippen LogP contribution in [-0.2, 0) is 9.47 Å². The molecule has 3 aliphatic carbocycles. The minimum Gasteiger partial charge on any atom is -0.378 e.